The van der Waals surface area contributed by atoms with Gasteiger partial charge in [0.15, 0.2) is 0 Å². The van der Waals surface area contributed by atoms with Crippen molar-refractivity contribution >= 4 is 5.91 Å². The molecule has 4 N–H and O–H groups in total. The Morgan fingerprint density at radius 3 is 2.89 bits per heavy atom. The Morgan fingerprint density at radius 1 is 1.56 bits per heavy atom. The first-order valence-corrected chi connectivity index (χ1v) is 6.68. The zero-order valence-corrected chi connectivity index (χ0v) is 11.0. The molecule has 1 aliphatic rings. The van der Waals surface area contributed by atoms with Gasteiger partial charge in [-0.25, -0.2) is 0 Å². The van der Waals surface area contributed by atoms with Crippen LogP contribution in [0.2, 0.25) is 0 Å². The molecule has 0 saturated heterocycles. The van der Waals surface area contributed by atoms with Gasteiger partial charge in [0.05, 0.1) is 11.7 Å². The van der Waals surface area contributed by atoms with E-state index in [0.29, 0.717) is 6.54 Å². The van der Waals surface area contributed by atoms with Crippen LogP contribution in [0.4, 0.5) is 0 Å². The standard InChI is InChI=1S/C13H22N4O/c1-10-11(9-16-17-10)5-4-8-15-12(18)13(14)6-2-3-7-13/h9H,2-8,14H2,1H3,(H,15,18)(H,16,17). The molecule has 1 amide bonds. The van der Waals surface area contributed by atoms with Crippen LogP contribution in [0.3, 0.4) is 0 Å². The number of aromatic amines is 1. The van der Waals surface area contributed by atoms with Crippen molar-refractivity contribution in [2.24, 2.45) is 5.73 Å². The minimum atomic E-state index is -0.606. The number of amides is 1. The lowest BCUT2D eigenvalue weighted by atomic mass is 9.98. The molecule has 2 rings (SSSR count). The van der Waals surface area contributed by atoms with Gasteiger partial charge in [0, 0.05) is 12.2 Å². The van der Waals surface area contributed by atoms with Gasteiger partial charge >= 0.3 is 0 Å². The van der Waals surface area contributed by atoms with Gasteiger partial charge in [0.1, 0.15) is 0 Å². The average molecular weight is 250 g/mol. The summed E-state index contributed by atoms with van der Waals surface area (Å²) in [6, 6.07) is 0. The van der Waals surface area contributed by atoms with E-state index < -0.39 is 5.54 Å². The summed E-state index contributed by atoms with van der Waals surface area (Å²) in [5, 5.41) is 9.84. The maximum atomic E-state index is 11.9. The van der Waals surface area contributed by atoms with Gasteiger partial charge in [0.2, 0.25) is 5.91 Å². The van der Waals surface area contributed by atoms with Crippen LogP contribution in [0.25, 0.3) is 0 Å². The second-order valence-corrected chi connectivity index (χ2v) is 5.24. The number of aromatic nitrogens is 2. The molecule has 5 heteroatoms. The summed E-state index contributed by atoms with van der Waals surface area (Å²) in [7, 11) is 0. The summed E-state index contributed by atoms with van der Waals surface area (Å²) in [5.41, 5.74) is 7.79. The Balaban J connectivity index is 1.69. The van der Waals surface area contributed by atoms with Crippen LogP contribution in [0, 0.1) is 6.92 Å². The molecule has 1 saturated carbocycles. The molecular weight excluding hydrogens is 228 g/mol. The van der Waals surface area contributed by atoms with Crippen LogP contribution in [-0.2, 0) is 11.2 Å². The van der Waals surface area contributed by atoms with Gasteiger partial charge < -0.3 is 11.1 Å². The number of hydrogen-bond acceptors (Lipinski definition) is 3. The van der Waals surface area contributed by atoms with Crippen molar-refractivity contribution in [1.29, 1.82) is 0 Å². The SMILES string of the molecule is Cc1[nH]ncc1CCCNC(=O)C1(N)CCCC1. The normalized spacial score (nSPS) is 17.9. The van der Waals surface area contributed by atoms with Crippen LogP contribution in [0.15, 0.2) is 6.20 Å². The predicted molar refractivity (Wildman–Crippen MR) is 70.0 cm³/mol. The highest BCUT2D eigenvalue weighted by atomic mass is 16.2. The van der Waals surface area contributed by atoms with Crippen molar-refractivity contribution in [3.63, 3.8) is 0 Å². The third kappa shape index (κ3) is 2.90. The highest BCUT2D eigenvalue weighted by Gasteiger charge is 2.36. The third-order valence-electron chi connectivity index (χ3n) is 3.79. The van der Waals surface area contributed by atoms with E-state index in [2.05, 4.69) is 15.5 Å². The van der Waals surface area contributed by atoms with E-state index in [0.717, 1.165) is 44.2 Å². The fourth-order valence-electron chi connectivity index (χ4n) is 2.52. The largest absolute Gasteiger partial charge is 0.354 e. The van der Waals surface area contributed by atoms with Gasteiger partial charge in [-0.05, 0) is 38.2 Å². The zero-order valence-electron chi connectivity index (χ0n) is 11.0. The fourth-order valence-corrected chi connectivity index (χ4v) is 2.52. The molecule has 0 unspecified atom stereocenters. The minimum absolute atomic E-state index is 0.0175. The number of carbonyl (C=O) groups excluding carboxylic acids is 1. The maximum absolute atomic E-state index is 11.9. The van der Waals surface area contributed by atoms with E-state index in [9.17, 15) is 4.79 Å². The second kappa shape index (κ2) is 5.52. The maximum Gasteiger partial charge on any atom is 0.240 e. The Labute approximate surface area is 108 Å². The highest BCUT2D eigenvalue weighted by molar-refractivity contribution is 5.86. The van der Waals surface area contributed by atoms with Crippen LogP contribution < -0.4 is 11.1 Å². The molecule has 0 atom stereocenters. The number of hydrogen-bond donors (Lipinski definition) is 3. The van der Waals surface area contributed by atoms with Gasteiger partial charge in [-0.1, -0.05) is 12.8 Å². The fraction of sp³-hybridized carbons (Fsp3) is 0.692. The number of nitrogens with zero attached hydrogens (tertiary/aromatic N) is 1. The molecule has 0 bridgehead atoms. The number of nitrogens with one attached hydrogen (secondary N) is 2. The van der Waals surface area contributed by atoms with Crippen molar-refractivity contribution < 1.29 is 4.79 Å². The van der Waals surface area contributed by atoms with Crippen molar-refractivity contribution in [1.82, 2.24) is 15.5 Å². The molecule has 0 spiro atoms. The number of H-pyrrole nitrogens is 1. The Hall–Kier alpha value is -1.36. The quantitative estimate of drug-likeness (QED) is 0.683. The van der Waals surface area contributed by atoms with E-state index in [1.165, 1.54) is 5.56 Å². The summed E-state index contributed by atoms with van der Waals surface area (Å²) in [4.78, 5) is 11.9. The molecule has 100 valence electrons. The molecule has 0 aliphatic heterocycles. The first kappa shape index (κ1) is 13.1. The van der Waals surface area contributed by atoms with Gasteiger partial charge in [-0.3, -0.25) is 9.89 Å². The van der Waals surface area contributed by atoms with E-state index >= 15 is 0 Å². The molecule has 0 aromatic carbocycles. The lowest BCUT2D eigenvalue weighted by molar-refractivity contribution is -0.126. The average Bonchev–Trinajstić information content (AvgIpc) is 2.95. The minimum Gasteiger partial charge on any atom is -0.354 e. The predicted octanol–water partition coefficient (Wildman–Crippen LogP) is 1.04. The molecule has 1 fully saturated rings. The van der Waals surface area contributed by atoms with E-state index in [1.54, 1.807) is 0 Å². The van der Waals surface area contributed by atoms with Gasteiger partial charge in [-0.2, -0.15) is 5.10 Å². The number of nitrogens with two attached hydrogens (primary N) is 1. The topological polar surface area (TPSA) is 83.8 Å². The van der Waals surface area contributed by atoms with Crippen molar-refractivity contribution in [3.05, 3.63) is 17.5 Å². The van der Waals surface area contributed by atoms with E-state index in [4.69, 9.17) is 5.73 Å². The van der Waals surface area contributed by atoms with E-state index in [1.807, 2.05) is 13.1 Å². The van der Waals surface area contributed by atoms with Crippen LogP contribution in [0.1, 0.15) is 43.4 Å². The summed E-state index contributed by atoms with van der Waals surface area (Å²) >= 11 is 0. The summed E-state index contributed by atoms with van der Waals surface area (Å²) in [6.07, 6.45) is 7.47. The second-order valence-electron chi connectivity index (χ2n) is 5.24. The van der Waals surface area contributed by atoms with Crippen LogP contribution >= 0.6 is 0 Å². The molecule has 1 aliphatic carbocycles. The van der Waals surface area contributed by atoms with Gasteiger partial charge in [0.25, 0.3) is 0 Å². The molecule has 1 aromatic heterocycles. The molecule has 5 nitrogen and oxygen atoms in total. The summed E-state index contributed by atoms with van der Waals surface area (Å²) < 4.78 is 0. The van der Waals surface area contributed by atoms with Crippen molar-refractivity contribution in [2.75, 3.05) is 6.54 Å². The lowest BCUT2D eigenvalue weighted by Gasteiger charge is -2.22. The van der Waals surface area contributed by atoms with Crippen LogP contribution in [0.5, 0.6) is 0 Å². The highest BCUT2D eigenvalue weighted by Crippen LogP contribution is 2.27. The zero-order chi connectivity index (χ0) is 13.0. The smallest absolute Gasteiger partial charge is 0.240 e. The van der Waals surface area contributed by atoms with E-state index in [-0.39, 0.29) is 5.91 Å². The van der Waals surface area contributed by atoms with Crippen LogP contribution in [-0.4, -0.2) is 28.2 Å². The Morgan fingerprint density at radius 2 is 2.28 bits per heavy atom. The lowest BCUT2D eigenvalue weighted by Crippen LogP contribution is -2.52. The number of rotatable bonds is 5. The van der Waals surface area contributed by atoms with Crippen molar-refractivity contribution in [2.45, 2.75) is 51.0 Å². The molecule has 0 radical (unpaired) electrons. The summed E-state index contributed by atoms with van der Waals surface area (Å²) in [5.74, 6) is 0.0175. The number of aryl methyl sites for hydroxylation is 2. The summed E-state index contributed by atoms with van der Waals surface area (Å²) in [6.45, 7) is 2.69. The Bertz CT molecular complexity index is 407. The number of carbonyl (C=O) groups is 1. The first-order chi connectivity index (χ1) is 8.62. The molecule has 18 heavy (non-hydrogen) atoms. The molecule has 1 aromatic rings. The van der Waals surface area contributed by atoms with Gasteiger partial charge in [-0.15, -0.1) is 0 Å². The first-order valence-electron chi connectivity index (χ1n) is 6.68. The third-order valence-corrected chi connectivity index (χ3v) is 3.79. The molecule has 1 heterocycles. The van der Waals surface area contributed by atoms with Crippen molar-refractivity contribution in [3.8, 4) is 0 Å². The Kier molecular flexibility index (Phi) is 4.01. The monoisotopic (exact) mass is 250 g/mol. The molecular formula is C13H22N4O.